The Morgan fingerprint density at radius 3 is 2.91 bits per heavy atom. The van der Waals surface area contributed by atoms with Crippen LogP contribution in [0.15, 0.2) is 22.2 Å². The maximum Gasteiger partial charge on any atom is 0.329 e. The van der Waals surface area contributed by atoms with Crippen molar-refractivity contribution in [3.05, 3.63) is 33.5 Å². The number of aromatic amines is 1. The van der Waals surface area contributed by atoms with Gasteiger partial charge in [-0.3, -0.25) is 14.3 Å². The van der Waals surface area contributed by atoms with Gasteiger partial charge in [-0.25, -0.2) is 4.79 Å². The van der Waals surface area contributed by atoms with E-state index in [0.29, 0.717) is 19.1 Å². The highest BCUT2D eigenvalue weighted by Gasteiger charge is 2.19. The first kappa shape index (κ1) is 17.0. The standard InChI is InChI=1S/C14H21N5O4/c1-4-6-23-8-9(20)7-19-10-11(16-13(19)15-5-2)18(3)14(22)17-12(10)21/h4,9,20H,1,5-8H2,2-3H3,(H,15,16)(H,17,21,22). The molecule has 0 amide bonds. The second-order valence-corrected chi connectivity index (χ2v) is 5.05. The van der Waals surface area contributed by atoms with Gasteiger partial charge < -0.3 is 19.7 Å². The number of aliphatic hydroxyl groups is 1. The predicted octanol–water partition coefficient (Wildman–Crippen LogP) is -0.581. The van der Waals surface area contributed by atoms with Gasteiger partial charge in [0.15, 0.2) is 11.2 Å². The van der Waals surface area contributed by atoms with Gasteiger partial charge in [0.1, 0.15) is 0 Å². The fourth-order valence-corrected chi connectivity index (χ4v) is 2.26. The third-order valence-corrected chi connectivity index (χ3v) is 3.28. The second-order valence-electron chi connectivity index (χ2n) is 5.05. The van der Waals surface area contributed by atoms with E-state index in [4.69, 9.17) is 4.74 Å². The lowest BCUT2D eigenvalue weighted by Crippen LogP contribution is -2.30. The molecule has 0 spiro atoms. The van der Waals surface area contributed by atoms with Crippen molar-refractivity contribution >= 4 is 17.1 Å². The van der Waals surface area contributed by atoms with Crippen LogP contribution >= 0.6 is 0 Å². The number of hydrogen-bond acceptors (Lipinski definition) is 6. The largest absolute Gasteiger partial charge is 0.389 e. The quantitative estimate of drug-likeness (QED) is 0.442. The van der Waals surface area contributed by atoms with E-state index < -0.39 is 17.4 Å². The summed E-state index contributed by atoms with van der Waals surface area (Å²) in [6.45, 7) is 6.54. The van der Waals surface area contributed by atoms with Crippen molar-refractivity contribution in [2.75, 3.05) is 25.1 Å². The van der Waals surface area contributed by atoms with E-state index in [1.807, 2.05) is 6.92 Å². The van der Waals surface area contributed by atoms with Gasteiger partial charge in [0.2, 0.25) is 5.95 Å². The van der Waals surface area contributed by atoms with Crippen molar-refractivity contribution in [3.63, 3.8) is 0 Å². The van der Waals surface area contributed by atoms with Crippen molar-refractivity contribution in [1.82, 2.24) is 19.1 Å². The van der Waals surface area contributed by atoms with Gasteiger partial charge in [0.25, 0.3) is 5.56 Å². The van der Waals surface area contributed by atoms with Crippen molar-refractivity contribution in [2.45, 2.75) is 19.6 Å². The van der Waals surface area contributed by atoms with Gasteiger partial charge in [0, 0.05) is 13.6 Å². The molecule has 3 N–H and O–H groups in total. The minimum absolute atomic E-state index is 0.0981. The number of anilines is 1. The molecule has 0 fully saturated rings. The summed E-state index contributed by atoms with van der Waals surface area (Å²) in [5.41, 5.74) is -0.594. The fourth-order valence-electron chi connectivity index (χ4n) is 2.26. The van der Waals surface area contributed by atoms with Gasteiger partial charge >= 0.3 is 5.69 Å². The van der Waals surface area contributed by atoms with Crippen LogP contribution in [0.25, 0.3) is 11.2 Å². The zero-order valence-electron chi connectivity index (χ0n) is 13.2. The molecule has 126 valence electrons. The predicted molar refractivity (Wildman–Crippen MR) is 86.8 cm³/mol. The van der Waals surface area contributed by atoms with E-state index in [2.05, 4.69) is 21.9 Å². The lowest BCUT2D eigenvalue weighted by atomic mass is 10.3. The van der Waals surface area contributed by atoms with E-state index in [9.17, 15) is 14.7 Å². The Kier molecular flexibility index (Phi) is 5.35. The summed E-state index contributed by atoms with van der Waals surface area (Å²) in [4.78, 5) is 30.4. The van der Waals surface area contributed by atoms with Gasteiger partial charge in [0.05, 0.1) is 25.9 Å². The second kappa shape index (κ2) is 7.25. The number of aromatic nitrogens is 4. The highest BCUT2D eigenvalue weighted by atomic mass is 16.5. The average molecular weight is 323 g/mol. The Balaban J connectivity index is 2.45. The van der Waals surface area contributed by atoms with Crippen molar-refractivity contribution in [1.29, 1.82) is 0 Å². The molecule has 1 unspecified atom stereocenters. The van der Waals surface area contributed by atoms with Crippen LogP contribution < -0.4 is 16.6 Å². The van der Waals surface area contributed by atoms with Gasteiger partial charge in [-0.15, -0.1) is 6.58 Å². The first-order valence-corrected chi connectivity index (χ1v) is 7.29. The molecule has 0 aromatic carbocycles. The zero-order valence-corrected chi connectivity index (χ0v) is 13.2. The molecule has 0 aliphatic carbocycles. The number of H-pyrrole nitrogens is 1. The van der Waals surface area contributed by atoms with E-state index in [1.165, 1.54) is 11.6 Å². The molecule has 23 heavy (non-hydrogen) atoms. The van der Waals surface area contributed by atoms with Crippen LogP contribution in [0, 0.1) is 0 Å². The van der Waals surface area contributed by atoms with E-state index in [-0.39, 0.29) is 24.3 Å². The number of fused-ring (bicyclic) bond motifs is 1. The lowest BCUT2D eigenvalue weighted by molar-refractivity contribution is 0.0405. The molecule has 9 heteroatoms. The molecule has 0 radical (unpaired) electrons. The van der Waals surface area contributed by atoms with Crippen LogP contribution in [0.1, 0.15) is 6.92 Å². The third kappa shape index (κ3) is 3.51. The molecule has 0 saturated carbocycles. The zero-order chi connectivity index (χ0) is 17.0. The van der Waals surface area contributed by atoms with Gasteiger partial charge in [-0.1, -0.05) is 6.08 Å². The number of aryl methyl sites for hydroxylation is 1. The van der Waals surface area contributed by atoms with Crippen molar-refractivity contribution in [3.8, 4) is 0 Å². The lowest BCUT2D eigenvalue weighted by Gasteiger charge is -2.14. The fraction of sp³-hybridized carbons (Fsp3) is 0.500. The molecule has 2 aromatic rings. The third-order valence-electron chi connectivity index (χ3n) is 3.28. The monoisotopic (exact) mass is 323 g/mol. The summed E-state index contributed by atoms with van der Waals surface area (Å²) < 4.78 is 8.03. The molecule has 0 bridgehead atoms. The van der Waals surface area contributed by atoms with Gasteiger partial charge in [-0.05, 0) is 6.92 Å². The maximum atomic E-state index is 12.1. The SMILES string of the molecule is C=CCOCC(O)Cn1c(NCC)nc2c1c(=O)[nH]c(=O)n2C. The van der Waals surface area contributed by atoms with E-state index in [0.717, 1.165) is 0 Å². The molecule has 1 atom stereocenters. The number of aliphatic hydroxyl groups excluding tert-OH is 1. The Bertz CT molecular complexity index is 804. The van der Waals surface area contributed by atoms with Crippen LogP contribution in [0.3, 0.4) is 0 Å². The summed E-state index contributed by atoms with van der Waals surface area (Å²) in [7, 11) is 1.53. The van der Waals surface area contributed by atoms with Crippen LogP contribution in [0.2, 0.25) is 0 Å². The highest BCUT2D eigenvalue weighted by Crippen LogP contribution is 2.15. The number of nitrogens with zero attached hydrogens (tertiary/aromatic N) is 3. The Hall–Kier alpha value is -2.39. The van der Waals surface area contributed by atoms with Crippen molar-refractivity contribution in [2.24, 2.45) is 7.05 Å². The summed E-state index contributed by atoms with van der Waals surface area (Å²) in [5.74, 6) is 0.414. The minimum Gasteiger partial charge on any atom is -0.389 e. The number of rotatable bonds is 8. The summed E-state index contributed by atoms with van der Waals surface area (Å²) in [5, 5.41) is 13.1. The highest BCUT2D eigenvalue weighted by molar-refractivity contribution is 5.74. The van der Waals surface area contributed by atoms with E-state index >= 15 is 0 Å². The summed E-state index contributed by atoms with van der Waals surface area (Å²) >= 11 is 0. The average Bonchev–Trinajstić information content (AvgIpc) is 2.85. The maximum absolute atomic E-state index is 12.1. The topological polar surface area (TPSA) is 114 Å². The smallest absolute Gasteiger partial charge is 0.329 e. The molecule has 2 heterocycles. The van der Waals surface area contributed by atoms with Crippen molar-refractivity contribution < 1.29 is 9.84 Å². The molecular weight excluding hydrogens is 302 g/mol. The molecule has 0 aliphatic rings. The Labute approximate surface area is 132 Å². The summed E-state index contributed by atoms with van der Waals surface area (Å²) in [6.07, 6.45) is 0.755. The number of nitrogens with one attached hydrogen (secondary N) is 2. The molecule has 9 nitrogen and oxygen atoms in total. The first-order valence-electron chi connectivity index (χ1n) is 7.29. The number of hydrogen-bond donors (Lipinski definition) is 3. The van der Waals surface area contributed by atoms with E-state index in [1.54, 1.807) is 10.6 Å². The molecule has 2 rings (SSSR count). The molecule has 0 aliphatic heterocycles. The molecule has 2 aromatic heterocycles. The van der Waals surface area contributed by atoms with Gasteiger partial charge in [-0.2, -0.15) is 4.98 Å². The Morgan fingerprint density at radius 1 is 1.52 bits per heavy atom. The first-order chi connectivity index (χ1) is 11.0. The molecular formula is C14H21N5O4. The number of imidazole rings is 1. The summed E-state index contributed by atoms with van der Waals surface area (Å²) in [6, 6.07) is 0. The van der Waals surface area contributed by atoms with Crippen LogP contribution in [-0.4, -0.2) is 50.1 Å². The normalized spacial score (nSPS) is 12.5. The molecule has 0 saturated heterocycles. The number of ether oxygens (including phenoxy) is 1. The van der Waals surface area contributed by atoms with Crippen LogP contribution in [0.4, 0.5) is 5.95 Å². The minimum atomic E-state index is -0.832. The Morgan fingerprint density at radius 2 is 2.26 bits per heavy atom. The van der Waals surface area contributed by atoms with Crippen LogP contribution in [0.5, 0.6) is 0 Å². The van der Waals surface area contributed by atoms with Crippen LogP contribution in [-0.2, 0) is 18.3 Å².